The van der Waals surface area contributed by atoms with Crippen molar-refractivity contribution in [1.82, 2.24) is 0 Å². The van der Waals surface area contributed by atoms with E-state index in [1.807, 2.05) is 6.92 Å². The summed E-state index contributed by atoms with van der Waals surface area (Å²) in [5, 5.41) is 8.55. The van der Waals surface area contributed by atoms with E-state index < -0.39 is 11.9 Å². The second-order valence-electron chi connectivity index (χ2n) is 2.64. The molecule has 0 rings (SSSR count). The number of ketones is 1. The van der Waals surface area contributed by atoms with Crippen molar-refractivity contribution in [3.8, 4) is 0 Å². The minimum atomic E-state index is -0.994. The van der Waals surface area contributed by atoms with Gasteiger partial charge in [0, 0.05) is 22.4 Å². The molecule has 0 amide bonds. The second-order valence-corrected chi connectivity index (χ2v) is 2.64. The monoisotopic (exact) mass is 265 g/mol. The largest absolute Gasteiger partial charge is 0.481 e. The minimum absolute atomic E-state index is 0. The molecule has 0 fully saturated rings. The molecule has 12 heavy (non-hydrogen) atoms. The van der Waals surface area contributed by atoms with E-state index >= 15 is 0 Å². The third-order valence-electron chi connectivity index (χ3n) is 1.64. The Hall–Kier alpha value is -0.120. The van der Waals surface area contributed by atoms with Crippen molar-refractivity contribution in [3.05, 3.63) is 0 Å². The second kappa shape index (κ2) is 7.53. The van der Waals surface area contributed by atoms with Gasteiger partial charge in [0.25, 0.3) is 0 Å². The molecule has 1 atom stereocenters. The molecule has 0 aromatic rings. The zero-order valence-corrected chi connectivity index (χ0v) is 8.75. The zero-order valence-electron chi connectivity index (χ0n) is 7.26. The Morgan fingerprint density at radius 2 is 1.92 bits per heavy atom. The molecule has 0 saturated carbocycles. The summed E-state index contributed by atoms with van der Waals surface area (Å²) in [6.45, 7) is 3.30. The molecule has 0 aromatic heterocycles. The van der Waals surface area contributed by atoms with Gasteiger partial charge in [-0.05, 0) is 13.3 Å². The average Bonchev–Trinajstić information content (AvgIpc) is 1.87. The standard InChI is InChI=1S/C8H14O3.Ag/c1-3-4-5-7(6(2)9)8(10)11;/h7H,3-5H2,1-2H3,(H,10,11);. The summed E-state index contributed by atoms with van der Waals surface area (Å²) in [5.74, 6) is -2.02. The molecule has 0 saturated heterocycles. The van der Waals surface area contributed by atoms with Crippen LogP contribution in [0.25, 0.3) is 0 Å². The third kappa shape index (κ3) is 5.52. The molecule has 0 aliphatic rings. The van der Waals surface area contributed by atoms with Crippen molar-refractivity contribution in [2.45, 2.75) is 33.1 Å². The molecule has 0 spiro atoms. The van der Waals surface area contributed by atoms with Gasteiger partial charge in [0.1, 0.15) is 11.7 Å². The maximum atomic E-state index is 10.7. The van der Waals surface area contributed by atoms with Crippen LogP contribution in [0.4, 0.5) is 0 Å². The van der Waals surface area contributed by atoms with E-state index in [1.165, 1.54) is 6.92 Å². The first kappa shape index (κ1) is 14.4. The van der Waals surface area contributed by atoms with Crippen LogP contribution in [0, 0.1) is 5.92 Å². The number of unbranched alkanes of at least 4 members (excludes halogenated alkanes) is 1. The average molecular weight is 266 g/mol. The van der Waals surface area contributed by atoms with E-state index in [1.54, 1.807) is 0 Å². The van der Waals surface area contributed by atoms with Gasteiger partial charge in [-0.1, -0.05) is 19.8 Å². The van der Waals surface area contributed by atoms with Gasteiger partial charge in [0.2, 0.25) is 0 Å². The van der Waals surface area contributed by atoms with Crippen LogP contribution in [0.1, 0.15) is 33.1 Å². The van der Waals surface area contributed by atoms with E-state index in [9.17, 15) is 9.59 Å². The van der Waals surface area contributed by atoms with Gasteiger partial charge in [-0.3, -0.25) is 9.59 Å². The quantitative estimate of drug-likeness (QED) is 0.605. The van der Waals surface area contributed by atoms with Gasteiger partial charge in [0.15, 0.2) is 0 Å². The number of carboxylic acid groups (broad SMARTS) is 1. The molecule has 0 bridgehead atoms. The summed E-state index contributed by atoms with van der Waals surface area (Å²) < 4.78 is 0. The molecular weight excluding hydrogens is 252 g/mol. The van der Waals surface area contributed by atoms with Crippen molar-refractivity contribution in [1.29, 1.82) is 0 Å². The molecule has 4 heteroatoms. The van der Waals surface area contributed by atoms with Crippen LogP contribution in [0.2, 0.25) is 0 Å². The number of carboxylic acids is 1. The summed E-state index contributed by atoms with van der Waals surface area (Å²) >= 11 is 0. The molecule has 1 unspecified atom stereocenters. The SMILES string of the molecule is CCCCC(C(C)=O)C(=O)O.[Ag]. The Labute approximate surface area is 88.0 Å². The number of carbonyl (C=O) groups is 2. The van der Waals surface area contributed by atoms with Gasteiger partial charge in [-0.2, -0.15) is 0 Å². The maximum Gasteiger partial charge on any atom is 0.314 e. The molecule has 75 valence electrons. The predicted octanol–water partition coefficient (Wildman–Crippen LogP) is 1.46. The molecular formula is C8H14AgO3. The van der Waals surface area contributed by atoms with Gasteiger partial charge in [-0.15, -0.1) is 0 Å². The normalized spacial score (nSPS) is 11.5. The van der Waals surface area contributed by atoms with Crippen molar-refractivity contribution in [2.24, 2.45) is 5.92 Å². The summed E-state index contributed by atoms with van der Waals surface area (Å²) in [6.07, 6.45) is 2.20. The van der Waals surface area contributed by atoms with E-state index in [0.717, 1.165) is 12.8 Å². The van der Waals surface area contributed by atoms with Crippen LogP contribution in [-0.4, -0.2) is 16.9 Å². The summed E-state index contributed by atoms with van der Waals surface area (Å²) in [7, 11) is 0. The van der Waals surface area contributed by atoms with Crippen LogP contribution >= 0.6 is 0 Å². The zero-order chi connectivity index (χ0) is 8.85. The summed E-state index contributed by atoms with van der Waals surface area (Å²) in [6, 6.07) is 0. The molecule has 1 N–H and O–H groups in total. The Kier molecular flexibility index (Phi) is 9.03. The van der Waals surface area contributed by atoms with Crippen LogP contribution in [0.15, 0.2) is 0 Å². The molecule has 1 radical (unpaired) electrons. The Balaban J connectivity index is 0. The van der Waals surface area contributed by atoms with Crippen molar-refractivity contribution < 1.29 is 37.1 Å². The van der Waals surface area contributed by atoms with Crippen LogP contribution in [0.5, 0.6) is 0 Å². The van der Waals surface area contributed by atoms with Crippen LogP contribution in [-0.2, 0) is 32.0 Å². The molecule has 0 aliphatic heterocycles. The minimum Gasteiger partial charge on any atom is -0.481 e. The van der Waals surface area contributed by atoms with Crippen molar-refractivity contribution in [3.63, 3.8) is 0 Å². The molecule has 0 heterocycles. The fourth-order valence-corrected chi connectivity index (χ4v) is 0.909. The van der Waals surface area contributed by atoms with Gasteiger partial charge in [-0.25, -0.2) is 0 Å². The maximum absolute atomic E-state index is 10.7. The van der Waals surface area contributed by atoms with E-state index in [0.29, 0.717) is 6.42 Å². The van der Waals surface area contributed by atoms with Crippen molar-refractivity contribution >= 4 is 11.8 Å². The summed E-state index contributed by atoms with van der Waals surface area (Å²) in [5.41, 5.74) is 0. The number of Topliss-reactive ketones (excluding diaryl/α,β-unsaturated/α-hetero) is 1. The van der Waals surface area contributed by atoms with Crippen molar-refractivity contribution in [2.75, 3.05) is 0 Å². The number of carbonyl (C=O) groups excluding carboxylic acids is 1. The summed E-state index contributed by atoms with van der Waals surface area (Å²) in [4.78, 5) is 21.1. The van der Waals surface area contributed by atoms with E-state index in [4.69, 9.17) is 5.11 Å². The Morgan fingerprint density at radius 3 is 2.17 bits per heavy atom. The Bertz CT molecular complexity index is 142. The fourth-order valence-electron chi connectivity index (χ4n) is 0.909. The first-order valence-electron chi connectivity index (χ1n) is 3.82. The number of hydrogen-bond donors (Lipinski definition) is 1. The first-order valence-corrected chi connectivity index (χ1v) is 3.82. The number of aliphatic carboxylic acids is 1. The predicted molar refractivity (Wildman–Crippen MR) is 41.3 cm³/mol. The number of rotatable bonds is 5. The topological polar surface area (TPSA) is 54.4 Å². The molecule has 3 nitrogen and oxygen atoms in total. The smallest absolute Gasteiger partial charge is 0.314 e. The molecule has 0 aliphatic carbocycles. The third-order valence-corrected chi connectivity index (χ3v) is 1.64. The van der Waals surface area contributed by atoms with Gasteiger partial charge >= 0.3 is 5.97 Å². The van der Waals surface area contributed by atoms with Gasteiger partial charge < -0.3 is 5.11 Å². The molecule has 0 aromatic carbocycles. The fraction of sp³-hybridized carbons (Fsp3) is 0.750. The number of hydrogen-bond acceptors (Lipinski definition) is 2. The van der Waals surface area contributed by atoms with Crippen LogP contribution in [0.3, 0.4) is 0 Å². The van der Waals surface area contributed by atoms with Gasteiger partial charge in [0.05, 0.1) is 0 Å². The van der Waals surface area contributed by atoms with E-state index in [2.05, 4.69) is 0 Å². The Morgan fingerprint density at radius 1 is 1.42 bits per heavy atom. The first-order chi connectivity index (χ1) is 5.09. The van der Waals surface area contributed by atoms with E-state index in [-0.39, 0.29) is 28.2 Å². The van der Waals surface area contributed by atoms with Crippen LogP contribution < -0.4 is 0 Å².